The second-order valence-electron chi connectivity index (χ2n) is 7.28. The highest BCUT2D eigenvalue weighted by Gasteiger charge is 2.23. The van der Waals surface area contributed by atoms with Gasteiger partial charge in [-0.25, -0.2) is 9.97 Å². The number of carbonyl (C=O) groups excluding carboxylic acids is 1. The second kappa shape index (κ2) is 8.30. The normalized spacial score (nSPS) is 16.6. The highest BCUT2D eigenvalue weighted by Crippen LogP contribution is 2.25. The van der Waals surface area contributed by atoms with Crippen LogP contribution in [0, 0.1) is 0 Å². The Morgan fingerprint density at radius 3 is 2.59 bits per heavy atom. The molecule has 2 aliphatic rings. The lowest BCUT2D eigenvalue weighted by atomic mass is 10.1. The van der Waals surface area contributed by atoms with Gasteiger partial charge in [-0.1, -0.05) is 30.8 Å². The molecule has 2 aromatic rings. The topological polar surface area (TPSA) is 58.1 Å². The molecule has 1 aliphatic heterocycles. The van der Waals surface area contributed by atoms with Gasteiger partial charge in [-0.3, -0.25) is 4.79 Å². The lowest BCUT2D eigenvalue weighted by Crippen LogP contribution is -2.25. The predicted octanol–water partition coefficient (Wildman–Crippen LogP) is 3.82. The van der Waals surface area contributed by atoms with Crippen LogP contribution >= 0.6 is 11.8 Å². The third-order valence-electron chi connectivity index (χ3n) is 5.03. The summed E-state index contributed by atoms with van der Waals surface area (Å²) in [5.74, 6) is 1.90. The Morgan fingerprint density at radius 2 is 1.93 bits per heavy atom. The first-order valence-corrected chi connectivity index (χ1v) is 10.9. The summed E-state index contributed by atoms with van der Waals surface area (Å²) < 4.78 is 0. The van der Waals surface area contributed by atoms with Crippen LogP contribution in [0.5, 0.6) is 0 Å². The van der Waals surface area contributed by atoms with Gasteiger partial charge in [0.25, 0.3) is 5.91 Å². The van der Waals surface area contributed by atoms with Gasteiger partial charge < -0.3 is 10.2 Å². The Morgan fingerprint density at radius 1 is 1.19 bits per heavy atom. The Hall–Kier alpha value is -2.08. The van der Waals surface area contributed by atoms with Crippen molar-refractivity contribution in [1.82, 2.24) is 15.3 Å². The smallest absolute Gasteiger partial charge is 0.251 e. The molecule has 2 heterocycles. The highest BCUT2D eigenvalue weighted by atomic mass is 32.2. The van der Waals surface area contributed by atoms with Crippen molar-refractivity contribution in [3.05, 3.63) is 47.2 Å². The van der Waals surface area contributed by atoms with Gasteiger partial charge in [-0.15, -0.1) is 0 Å². The minimum atomic E-state index is 0.0333. The molecule has 4 rings (SSSR count). The number of rotatable bonds is 7. The molecule has 1 aliphatic carbocycles. The SMILES string of the molecule is CCc1cc(N2CCCC2)nc(SCc2ccc(C(=O)NC3CC3)cc2)n1. The summed E-state index contributed by atoms with van der Waals surface area (Å²) in [5, 5.41) is 3.86. The summed E-state index contributed by atoms with van der Waals surface area (Å²) in [5.41, 5.74) is 3.01. The first kappa shape index (κ1) is 18.3. The maximum atomic E-state index is 12.1. The van der Waals surface area contributed by atoms with E-state index in [2.05, 4.69) is 28.2 Å². The van der Waals surface area contributed by atoms with Gasteiger partial charge in [0.2, 0.25) is 0 Å². The molecule has 1 amide bonds. The number of aromatic nitrogens is 2. The van der Waals surface area contributed by atoms with E-state index in [4.69, 9.17) is 4.98 Å². The average molecular weight is 383 g/mol. The van der Waals surface area contributed by atoms with Crippen molar-refractivity contribution in [1.29, 1.82) is 0 Å². The Balaban J connectivity index is 1.40. The van der Waals surface area contributed by atoms with Crippen LogP contribution in [0.4, 0.5) is 5.82 Å². The molecule has 2 fully saturated rings. The molecule has 1 N–H and O–H groups in total. The van der Waals surface area contributed by atoms with E-state index in [1.165, 1.54) is 18.4 Å². The number of aryl methyl sites for hydroxylation is 1. The van der Waals surface area contributed by atoms with Crippen LogP contribution < -0.4 is 10.2 Å². The van der Waals surface area contributed by atoms with Crippen molar-refractivity contribution >= 4 is 23.5 Å². The van der Waals surface area contributed by atoms with Gasteiger partial charge in [0.15, 0.2) is 5.16 Å². The Bertz CT molecular complexity index is 798. The minimum Gasteiger partial charge on any atom is -0.356 e. The number of benzene rings is 1. The number of anilines is 1. The van der Waals surface area contributed by atoms with Gasteiger partial charge in [0.1, 0.15) is 5.82 Å². The van der Waals surface area contributed by atoms with Crippen molar-refractivity contribution in [3.8, 4) is 0 Å². The van der Waals surface area contributed by atoms with Gasteiger partial charge >= 0.3 is 0 Å². The summed E-state index contributed by atoms with van der Waals surface area (Å²) in [6.45, 7) is 4.32. The minimum absolute atomic E-state index is 0.0333. The van der Waals surface area contributed by atoms with Crippen LogP contribution in [0.25, 0.3) is 0 Å². The number of carbonyl (C=O) groups is 1. The Kier molecular flexibility index (Phi) is 5.62. The second-order valence-corrected chi connectivity index (χ2v) is 8.22. The molecule has 1 aromatic carbocycles. The number of hydrogen-bond acceptors (Lipinski definition) is 5. The van der Waals surface area contributed by atoms with Gasteiger partial charge in [0, 0.05) is 42.2 Å². The third kappa shape index (κ3) is 4.80. The van der Waals surface area contributed by atoms with Crippen LogP contribution in [0.1, 0.15) is 54.2 Å². The molecule has 0 spiro atoms. The fraction of sp³-hybridized carbons (Fsp3) is 0.476. The lowest BCUT2D eigenvalue weighted by Gasteiger charge is -2.17. The molecule has 0 atom stereocenters. The summed E-state index contributed by atoms with van der Waals surface area (Å²) in [6, 6.07) is 10.4. The van der Waals surface area contributed by atoms with E-state index < -0.39 is 0 Å². The maximum absolute atomic E-state index is 12.1. The zero-order chi connectivity index (χ0) is 18.6. The summed E-state index contributed by atoms with van der Waals surface area (Å²) in [7, 11) is 0. The lowest BCUT2D eigenvalue weighted by molar-refractivity contribution is 0.0951. The number of thioether (sulfide) groups is 1. The zero-order valence-electron chi connectivity index (χ0n) is 15.8. The highest BCUT2D eigenvalue weighted by molar-refractivity contribution is 7.98. The van der Waals surface area contributed by atoms with Crippen LogP contribution in [0.15, 0.2) is 35.5 Å². The molecule has 0 bridgehead atoms. The molecule has 27 heavy (non-hydrogen) atoms. The molecule has 1 aromatic heterocycles. The van der Waals surface area contributed by atoms with E-state index in [0.29, 0.717) is 6.04 Å². The van der Waals surface area contributed by atoms with E-state index in [0.717, 1.165) is 60.3 Å². The molecular weight excluding hydrogens is 356 g/mol. The molecule has 0 unspecified atom stereocenters. The van der Waals surface area contributed by atoms with E-state index in [9.17, 15) is 4.79 Å². The largest absolute Gasteiger partial charge is 0.356 e. The van der Waals surface area contributed by atoms with E-state index >= 15 is 0 Å². The van der Waals surface area contributed by atoms with Crippen molar-refractivity contribution in [3.63, 3.8) is 0 Å². The van der Waals surface area contributed by atoms with Gasteiger partial charge in [-0.2, -0.15) is 0 Å². The summed E-state index contributed by atoms with van der Waals surface area (Å²) >= 11 is 1.66. The molecular formula is C21H26N4OS. The number of hydrogen-bond donors (Lipinski definition) is 1. The quantitative estimate of drug-likeness (QED) is 0.583. The van der Waals surface area contributed by atoms with Crippen LogP contribution in [-0.2, 0) is 12.2 Å². The van der Waals surface area contributed by atoms with Crippen molar-refractivity contribution in [2.24, 2.45) is 0 Å². The average Bonchev–Trinajstić information content (AvgIpc) is 3.34. The number of nitrogens with one attached hydrogen (secondary N) is 1. The maximum Gasteiger partial charge on any atom is 0.251 e. The number of amides is 1. The van der Waals surface area contributed by atoms with Crippen LogP contribution in [-0.4, -0.2) is 35.0 Å². The summed E-state index contributed by atoms with van der Waals surface area (Å²) in [4.78, 5) is 23.9. The molecule has 142 valence electrons. The van der Waals surface area contributed by atoms with E-state index in [1.54, 1.807) is 11.8 Å². The van der Waals surface area contributed by atoms with Crippen molar-refractivity contribution in [2.45, 2.75) is 56.0 Å². The van der Waals surface area contributed by atoms with Gasteiger partial charge in [0.05, 0.1) is 0 Å². The zero-order valence-corrected chi connectivity index (χ0v) is 16.6. The third-order valence-corrected chi connectivity index (χ3v) is 5.95. The Labute approximate surface area is 165 Å². The summed E-state index contributed by atoms with van der Waals surface area (Å²) in [6.07, 6.45) is 5.62. The van der Waals surface area contributed by atoms with Gasteiger partial charge in [-0.05, 0) is 49.8 Å². The molecule has 1 saturated carbocycles. The van der Waals surface area contributed by atoms with E-state index in [1.807, 2.05) is 24.3 Å². The number of nitrogens with zero attached hydrogens (tertiary/aromatic N) is 3. The van der Waals surface area contributed by atoms with Crippen molar-refractivity contribution in [2.75, 3.05) is 18.0 Å². The molecule has 0 radical (unpaired) electrons. The molecule has 5 nitrogen and oxygen atoms in total. The van der Waals surface area contributed by atoms with Crippen LogP contribution in [0.3, 0.4) is 0 Å². The first-order valence-electron chi connectivity index (χ1n) is 9.87. The molecule has 6 heteroatoms. The molecule has 1 saturated heterocycles. The van der Waals surface area contributed by atoms with Crippen LogP contribution in [0.2, 0.25) is 0 Å². The van der Waals surface area contributed by atoms with E-state index in [-0.39, 0.29) is 5.91 Å². The predicted molar refractivity (Wildman–Crippen MR) is 109 cm³/mol. The first-order chi connectivity index (χ1) is 13.2. The fourth-order valence-corrected chi connectivity index (χ4v) is 4.04. The monoisotopic (exact) mass is 382 g/mol. The van der Waals surface area contributed by atoms with Crippen molar-refractivity contribution < 1.29 is 4.79 Å². The fourth-order valence-electron chi connectivity index (χ4n) is 3.21. The standard InChI is InChI=1S/C21H26N4OS/c1-2-17-13-19(25-11-3-4-12-25)24-21(23-17)27-14-15-5-7-16(8-6-15)20(26)22-18-9-10-18/h5-8,13,18H,2-4,9-12,14H2,1H3,(H,22,26).